The fourth-order valence-electron chi connectivity index (χ4n) is 4.70. The first kappa shape index (κ1) is 21.2. The number of hydrogen-bond donors (Lipinski definition) is 2. The lowest BCUT2D eigenvalue weighted by Gasteiger charge is -2.33. The predicted octanol–water partition coefficient (Wildman–Crippen LogP) is 4.75. The quantitative estimate of drug-likeness (QED) is 0.392. The van der Waals surface area contributed by atoms with Crippen LogP contribution >= 0.6 is 0 Å². The number of ether oxygens (including phenoxy) is 1. The van der Waals surface area contributed by atoms with Crippen molar-refractivity contribution in [3.05, 3.63) is 82.8 Å². The van der Waals surface area contributed by atoms with E-state index < -0.39 is 0 Å². The Morgan fingerprint density at radius 1 is 1.03 bits per heavy atom. The number of para-hydroxylation sites is 1. The van der Waals surface area contributed by atoms with Crippen LogP contribution in [-0.2, 0) is 6.54 Å². The topological polar surface area (TPSA) is 84.3 Å². The van der Waals surface area contributed by atoms with Crippen molar-refractivity contribution in [1.29, 1.82) is 0 Å². The molecule has 0 saturated carbocycles. The summed E-state index contributed by atoms with van der Waals surface area (Å²) in [6, 6.07) is 15.8. The van der Waals surface area contributed by atoms with Crippen molar-refractivity contribution < 1.29 is 4.74 Å². The SMILES string of the molecule is Cc1cccc2c1NCCN2c1cc2cnc3nc2n(c1=O)CC/C=C/COc1cccc(c1)N3. The van der Waals surface area contributed by atoms with Crippen molar-refractivity contribution in [3.8, 4) is 5.75 Å². The maximum atomic E-state index is 13.9. The van der Waals surface area contributed by atoms with Crippen LogP contribution in [-0.4, -0.2) is 34.2 Å². The molecule has 2 aliphatic rings. The van der Waals surface area contributed by atoms with Crippen molar-refractivity contribution in [2.75, 3.05) is 35.2 Å². The Morgan fingerprint density at radius 3 is 2.89 bits per heavy atom. The molecule has 0 saturated heterocycles. The molecule has 6 rings (SSSR count). The summed E-state index contributed by atoms with van der Waals surface area (Å²) in [6.07, 6.45) is 6.50. The Hall–Kier alpha value is -4.33. The van der Waals surface area contributed by atoms with Gasteiger partial charge in [-0.3, -0.25) is 9.36 Å². The van der Waals surface area contributed by atoms with Gasteiger partial charge in [0.15, 0.2) is 0 Å². The van der Waals surface area contributed by atoms with E-state index in [9.17, 15) is 4.79 Å². The second kappa shape index (κ2) is 8.79. The van der Waals surface area contributed by atoms with Gasteiger partial charge >= 0.3 is 0 Å². The average molecular weight is 467 g/mol. The highest BCUT2D eigenvalue weighted by Gasteiger charge is 2.23. The summed E-state index contributed by atoms with van der Waals surface area (Å²) in [5.74, 6) is 1.21. The van der Waals surface area contributed by atoms with Gasteiger partial charge in [0.1, 0.15) is 23.7 Å². The molecule has 0 spiro atoms. The first-order chi connectivity index (χ1) is 17.2. The molecule has 8 heteroatoms. The van der Waals surface area contributed by atoms with E-state index in [1.54, 1.807) is 10.8 Å². The number of aryl methyl sites for hydroxylation is 2. The summed E-state index contributed by atoms with van der Waals surface area (Å²) in [6.45, 7) is 4.51. The van der Waals surface area contributed by atoms with Gasteiger partial charge in [-0.05, 0) is 43.2 Å². The summed E-state index contributed by atoms with van der Waals surface area (Å²) in [7, 11) is 0. The Morgan fingerprint density at radius 2 is 1.94 bits per heavy atom. The van der Waals surface area contributed by atoms with Crippen LogP contribution < -0.4 is 25.8 Å². The van der Waals surface area contributed by atoms with Crippen molar-refractivity contribution in [2.45, 2.75) is 19.9 Å². The van der Waals surface area contributed by atoms with Gasteiger partial charge in [-0.2, -0.15) is 4.98 Å². The van der Waals surface area contributed by atoms with E-state index in [1.165, 1.54) is 0 Å². The van der Waals surface area contributed by atoms with Crippen LogP contribution in [0.3, 0.4) is 0 Å². The molecular weight excluding hydrogens is 440 g/mol. The second-order valence-corrected chi connectivity index (χ2v) is 8.73. The molecule has 0 radical (unpaired) electrons. The minimum absolute atomic E-state index is 0.0600. The normalized spacial score (nSPS) is 16.0. The maximum Gasteiger partial charge on any atom is 0.276 e. The molecule has 0 unspecified atom stereocenters. The lowest BCUT2D eigenvalue weighted by atomic mass is 10.1. The van der Waals surface area contributed by atoms with Crippen LogP contribution in [0.15, 0.2) is 71.7 Å². The molecule has 0 atom stereocenters. The summed E-state index contributed by atoms with van der Waals surface area (Å²) in [5, 5.41) is 7.55. The molecule has 8 nitrogen and oxygen atoms in total. The molecule has 176 valence electrons. The van der Waals surface area contributed by atoms with Gasteiger partial charge in [-0.25, -0.2) is 4.98 Å². The molecule has 35 heavy (non-hydrogen) atoms. The zero-order valence-electron chi connectivity index (χ0n) is 19.5. The van der Waals surface area contributed by atoms with Crippen LogP contribution in [0.1, 0.15) is 12.0 Å². The highest BCUT2D eigenvalue weighted by atomic mass is 16.5. The number of nitrogens with one attached hydrogen (secondary N) is 2. The third-order valence-corrected chi connectivity index (χ3v) is 6.40. The van der Waals surface area contributed by atoms with E-state index in [0.29, 0.717) is 43.4 Å². The highest BCUT2D eigenvalue weighted by Crippen LogP contribution is 2.36. The third-order valence-electron chi connectivity index (χ3n) is 6.40. The Kier molecular flexibility index (Phi) is 5.33. The number of fused-ring (bicyclic) bond motifs is 4. The number of anilines is 5. The molecule has 2 aliphatic heterocycles. The summed E-state index contributed by atoms with van der Waals surface area (Å²) in [5.41, 5.74) is 5.25. The van der Waals surface area contributed by atoms with Crippen molar-refractivity contribution >= 4 is 39.7 Å². The Labute approximate surface area is 202 Å². The molecule has 2 N–H and O–H groups in total. The van der Waals surface area contributed by atoms with Crippen LogP contribution in [0.2, 0.25) is 0 Å². The minimum atomic E-state index is -0.0600. The van der Waals surface area contributed by atoms with E-state index >= 15 is 0 Å². The minimum Gasteiger partial charge on any atom is -0.489 e. The predicted molar refractivity (Wildman–Crippen MR) is 139 cm³/mol. The first-order valence-corrected chi connectivity index (χ1v) is 11.8. The van der Waals surface area contributed by atoms with E-state index in [0.717, 1.165) is 40.3 Å². The van der Waals surface area contributed by atoms with E-state index in [2.05, 4.69) is 39.6 Å². The maximum absolute atomic E-state index is 13.9. The number of allylic oxidation sites excluding steroid dienone is 1. The van der Waals surface area contributed by atoms with Crippen LogP contribution in [0.5, 0.6) is 5.75 Å². The molecule has 0 fully saturated rings. The lowest BCUT2D eigenvalue weighted by Crippen LogP contribution is -2.36. The highest BCUT2D eigenvalue weighted by molar-refractivity contribution is 5.85. The molecule has 4 bridgehead atoms. The monoisotopic (exact) mass is 466 g/mol. The number of pyridine rings is 1. The van der Waals surface area contributed by atoms with Gasteiger partial charge < -0.3 is 20.3 Å². The summed E-state index contributed by atoms with van der Waals surface area (Å²) >= 11 is 0. The number of rotatable bonds is 1. The fourth-order valence-corrected chi connectivity index (χ4v) is 4.70. The lowest BCUT2D eigenvalue weighted by molar-refractivity contribution is 0.362. The first-order valence-electron chi connectivity index (χ1n) is 11.8. The largest absolute Gasteiger partial charge is 0.489 e. The molecule has 2 aromatic carbocycles. The van der Waals surface area contributed by atoms with Crippen LogP contribution in [0.4, 0.5) is 28.7 Å². The van der Waals surface area contributed by atoms with Gasteiger partial charge in [0.25, 0.3) is 5.56 Å². The Bertz CT molecular complexity index is 1510. The van der Waals surface area contributed by atoms with Crippen molar-refractivity contribution in [2.24, 2.45) is 0 Å². The van der Waals surface area contributed by atoms with E-state index in [-0.39, 0.29) is 5.56 Å². The summed E-state index contributed by atoms with van der Waals surface area (Å²) in [4.78, 5) is 25.3. The smallest absolute Gasteiger partial charge is 0.276 e. The number of hydrogen-bond acceptors (Lipinski definition) is 7. The van der Waals surface area contributed by atoms with Gasteiger partial charge in [-0.1, -0.05) is 30.4 Å². The summed E-state index contributed by atoms with van der Waals surface area (Å²) < 4.78 is 7.59. The van der Waals surface area contributed by atoms with Gasteiger partial charge in [0.2, 0.25) is 5.95 Å². The number of nitrogens with zero attached hydrogens (tertiary/aromatic N) is 4. The van der Waals surface area contributed by atoms with Crippen LogP contribution in [0.25, 0.3) is 11.0 Å². The third kappa shape index (κ3) is 3.97. The van der Waals surface area contributed by atoms with Crippen molar-refractivity contribution in [1.82, 2.24) is 14.5 Å². The fraction of sp³-hybridized carbons (Fsp3) is 0.222. The van der Waals surface area contributed by atoms with E-state index in [1.807, 2.05) is 48.6 Å². The standard InChI is InChI=1S/C27H26N6O2/c1-18-7-5-10-22-24(18)28-11-13-32(22)23-15-19-17-29-27-30-20-8-6-9-21(16-20)35-14-4-2-3-12-33(26(23)34)25(19)31-27/h2,4-10,15-17,28H,3,11-14H2,1H3,(H,29,30,31)/b4-2+. The van der Waals surface area contributed by atoms with Gasteiger partial charge in [0.05, 0.1) is 11.4 Å². The van der Waals surface area contributed by atoms with Gasteiger partial charge in [-0.15, -0.1) is 0 Å². The molecular formula is C27H26N6O2. The van der Waals surface area contributed by atoms with Crippen LogP contribution in [0, 0.1) is 6.92 Å². The molecule has 0 aliphatic carbocycles. The Balaban J connectivity index is 1.50. The zero-order valence-corrected chi connectivity index (χ0v) is 19.5. The number of benzene rings is 2. The zero-order chi connectivity index (χ0) is 23.8. The van der Waals surface area contributed by atoms with E-state index in [4.69, 9.17) is 9.72 Å². The second-order valence-electron chi connectivity index (χ2n) is 8.73. The molecule has 2 aromatic heterocycles. The number of aromatic nitrogens is 3. The van der Waals surface area contributed by atoms with Gasteiger partial charge in [0, 0.05) is 43.0 Å². The molecule has 4 aromatic rings. The average Bonchev–Trinajstić information content (AvgIpc) is 2.87. The molecule has 0 amide bonds. The molecule has 4 heterocycles. The van der Waals surface area contributed by atoms with Crippen molar-refractivity contribution in [3.63, 3.8) is 0 Å².